The van der Waals surface area contributed by atoms with E-state index < -0.39 is 18.3 Å². The molecule has 1 heterocycles. The number of aromatic nitrogens is 2. The van der Waals surface area contributed by atoms with Gasteiger partial charge in [-0.25, -0.2) is 4.68 Å². The van der Waals surface area contributed by atoms with Crippen LogP contribution in [0.1, 0.15) is 0 Å². The molecule has 10 heteroatoms. The van der Waals surface area contributed by atoms with Crippen molar-refractivity contribution in [3.8, 4) is 0 Å². The van der Waals surface area contributed by atoms with Crippen molar-refractivity contribution in [2.75, 3.05) is 38.8 Å². The topological polar surface area (TPSA) is 65.4 Å². The summed E-state index contributed by atoms with van der Waals surface area (Å²) in [4.78, 5) is 11.8. The first kappa shape index (κ1) is 17.7. The monoisotopic (exact) mass is 329 g/mol. The van der Waals surface area contributed by atoms with E-state index in [0.717, 1.165) is 4.68 Å². The predicted octanol–water partition coefficient (Wildman–Crippen LogP) is 1.53. The Bertz CT molecular complexity index is 508. The Morgan fingerprint density at radius 2 is 2.14 bits per heavy atom. The summed E-state index contributed by atoms with van der Waals surface area (Å²) in [6, 6.07) is 0. The van der Waals surface area contributed by atoms with E-state index in [1.807, 2.05) is 0 Å². The molecular weight excluding hydrogens is 315 g/mol. The summed E-state index contributed by atoms with van der Waals surface area (Å²) >= 11 is 5.87. The van der Waals surface area contributed by atoms with E-state index in [9.17, 15) is 18.0 Å². The fraction of sp³-hybridized carbons (Fsp3) is 0.636. The van der Waals surface area contributed by atoms with Crippen LogP contribution in [0.15, 0.2) is 11.0 Å². The summed E-state index contributed by atoms with van der Waals surface area (Å²) < 4.78 is 45.9. The summed E-state index contributed by atoms with van der Waals surface area (Å²) in [5.41, 5.74) is -0.263. The highest BCUT2D eigenvalue weighted by Gasteiger charge is 2.27. The standard InChI is InChI=1S/C11H15ClF3N3O3/c1-20-5-3-18-10(19)9(12)8(6-17-18)16-2-4-21-7-11(13,14)15/h6,16H,2-5,7H2,1H3. The third-order valence-electron chi connectivity index (χ3n) is 2.32. The van der Waals surface area contributed by atoms with Gasteiger partial charge in [-0.1, -0.05) is 11.6 Å². The van der Waals surface area contributed by atoms with Crippen molar-refractivity contribution >= 4 is 17.3 Å². The molecule has 0 radical (unpaired) electrons. The lowest BCUT2D eigenvalue weighted by Crippen LogP contribution is -2.26. The van der Waals surface area contributed by atoms with Crippen LogP contribution in [0, 0.1) is 0 Å². The van der Waals surface area contributed by atoms with Crippen molar-refractivity contribution in [1.82, 2.24) is 9.78 Å². The van der Waals surface area contributed by atoms with Gasteiger partial charge in [-0.05, 0) is 0 Å². The molecule has 0 saturated heterocycles. The number of halogens is 4. The lowest BCUT2D eigenvalue weighted by molar-refractivity contribution is -0.172. The van der Waals surface area contributed by atoms with E-state index in [4.69, 9.17) is 16.3 Å². The molecule has 1 aromatic rings. The highest BCUT2D eigenvalue weighted by atomic mass is 35.5. The van der Waals surface area contributed by atoms with E-state index in [1.165, 1.54) is 13.3 Å². The number of hydrogen-bond acceptors (Lipinski definition) is 5. The molecule has 0 aliphatic rings. The largest absolute Gasteiger partial charge is 0.411 e. The van der Waals surface area contributed by atoms with Crippen molar-refractivity contribution in [3.05, 3.63) is 21.6 Å². The molecule has 0 aliphatic heterocycles. The van der Waals surface area contributed by atoms with Crippen molar-refractivity contribution in [2.24, 2.45) is 0 Å². The zero-order chi connectivity index (χ0) is 15.9. The SMILES string of the molecule is COCCn1ncc(NCCOCC(F)(F)F)c(Cl)c1=O. The molecule has 0 unspecified atom stereocenters. The Morgan fingerprint density at radius 1 is 1.43 bits per heavy atom. The first-order valence-corrected chi connectivity index (χ1v) is 6.36. The van der Waals surface area contributed by atoms with Gasteiger partial charge < -0.3 is 14.8 Å². The first-order valence-electron chi connectivity index (χ1n) is 5.98. The summed E-state index contributed by atoms with van der Waals surface area (Å²) in [5.74, 6) is 0. The zero-order valence-corrected chi connectivity index (χ0v) is 12.0. The Hall–Kier alpha value is -1.32. The van der Waals surface area contributed by atoms with Gasteiger partial charge in [0.05, 0.1) is 31.6 Å². The normalized spacial score (nSPS) is 11.7. The Balaban J connectivity index is 2.49. The lowest BCUT2D eigenvalue weighted by atomic mass is 10.4. The van der Waals surface area contributed by atoms with Gasteiger partial charge in [0.1, 0.15) is 11.6 Å². The molecule has 6 nitrogen and oxygen atoms in total. The quantitative estimate of drug-likeness (QED) is 0.733. The molecule has 0 fully saturated rings. The van der Waals surface area contributed by atoms with E-state index >= 15 is 0 Å². The second-order valence-corrected chi connectivity index (χ2v) is 4.37. The maximum Gasteiger partial charge on any atom is 0.411 e. The van der Waals surface area contributed by atoms with Crippen molar-refractivity contribution < 1.29 is 22.6 Å². The number of methoxy groups -OCH3 is 1. The average molecular weight is 330 g/mol. The lowest BCUT2D eigenvalue weighted by Gasteiger charge is -2.11. The van der Waals surface area contributed by atoms with Crippen LogP contribution < -0.4 is 10.9 Å². The first-order chi connectivity index (χ1) is 9.85. The number of rotatable bonds is 8. The van der Waals surface area contributed by atoms with E-state index in [0.29, 0.717) is 6.61 Å². The fourth-order valence-corrected chi connectivity index (χ4v) is 1.58. The summed E-state index contributed by atoms with van der Waals surface area (Å²) in [7, 11) is 1.49. The third kappa shape index (κ3) is 6.32. The van der Waals surface area contributed by atoms with E-state index in [2.05, 4.69) is 15.2 Å². The van der Waals surface area contributed by atoms with Crippen molar-refractivity contribution in [1.29, 1.82) is 0 Å². The summed E-state index contributed by atoms with van der Waals surface area (Å²) in [5, 5.41) is 6.48. The van der Waals surface area contributed by atoms with Crippen LogP contribution in [0.25, 0.3) is 0 Å². The maximum absolute atomic E-state index is 11.8. The second kappa shape index (κ2) is 8.20. The van der Waals surface area contributed by atoms with Crippen LogP contribution in [0.2, 0.25) is 5.02 Å². The minimum absolute atomic E-state index is 0.0685. The number of anilines is 1. The molecular formula is C11H15ClF3N3O3. The van der Waals surface area contributed by atoms with Crippen molar-refractivity contribution in [3.63, 3.8) is 0 Å². The smallest absolute Gasteiger partial charge is 0.383 e. The molecule has 0 amide bonds. The van der Waals surface area contributed by atoms with E-state index in [1.54, 1.807) is 0 Å². The Morgan fingerprint density at radius 3 is 2.76 bits per heavy atom. The number of ether oxygens (including phenoxy) is 2. The summed E-state index contributed by atoms with van der Waals surface area (Å²) in [6.45, 7) is -0.869. The van der Waals surface area contributed by atoms with Crippen LogP contribution in [-0.2, 0) is 16.0 Å². The molecule has 1 aromatic heterocycles. The number of hydrogen-bond donors (Lipinski definition) is 1. The molecule has 120 valence electrons. The molecule has 0 atom stereocenters. The molecule has 21 heavy (non-hydrogen) atoms. The molecule has 0 aromatic carbocycles. The van der Waals surface area contributed by atoms with Crippen LogP contribution in [0.5, 0.6) is 0 Å². The van der Waals surface area contributed by atoms with Gasteiger partial charge in [0.2, 0.25) is 0 Å². The van der Waals surface area contributed by atoms with Crippen LogP contribution in [0.4, 0.5) is 18.9 Å². The summed E-state index contributed by atoms with van der Waals surface area (Å²) in [6.07, 6.45) is -3.04. The van der Waals surface area contributed by atoms with Gasteiger partial charge in [0.25, 0.3) is 5.56 Å². The number of nitrogens with one attached hydrogen (secondary N) is 1. The molecule has 0 aliphatic carbocycles. The van der Waals surface area contributed by atoms with Crippen LogP contribution in [0.3, 0.4) is 0 Å². The molecule has 1 rings (SSSR count). The van der Waals surface area contributed by atoms with Gasteiger partial charge in [0, 0.05) is 13.7 Å². The van der Waals surface area contributed by atoms with Crippen molar-refractivity contribution in [2.45, 2.75) is 12.7 Å². The highest BCUT2D eigenvalue weighted by Crippen LogP contribution is 2.16. The molecule has 0 spiro atoms. The fourth-order valence-electron chi connectivity index (χ4n) is 1.37. The number of nitrogens with zero attached hydrogens (tertiary/aromatic N) is 2. The van der Waals surface area contributed by atoms with Gasteiger partial charge in [-0.2, -0.15) is 18.3 Å². The Labute approximate surface area is 123 Å². The van der Waals surface area contributed by atoms with Crippen LogP contribution >= 0.6 is 11.6 Å². The maximum atomic E-state index is 11.8. The third-order valence-corrected chi connectivity index (χ3v) is 2.68. The zero-order valence-electron chi connectivity index (χ0n) is 11.2. The minimum atomic E-state index is -4.36. The van der Waals surface area contributed by atoms with E-state index in [-0.39, 0.29) is 30.4 Å². The Kier molecular flexibility index (Phi) is 6.93. The predicted molar refractivity (Wildman–Crippen MR) is 70.7 cm³/mol. The van der Waals surface area contributed by atoms with Gasteiger partial charge >= 0.3 is 6.18 Å². The average Bonchev–Trinajstić information content (AvgIpc) is 2.41. The molecule has 0 saturated carbocycles. The van der Waals surface area contributed by atoms with Gasteiger partial charge in [0.15, 0.2) is 0 Å². The minimum Gasteiger partial charge on any atom is -0.383 e. The molecule has 0 bridgehead atoms. The number of alkyl halides is 3. The second-order valence-electron chi connectivity index (χ2n) is 3.99. The van der Waals surface area contributed by atoms with Crippen LogP contribution in [-0.4, -0.2) is 49.4 Å². The highest BCUT2D eigenvalue weighted by molar-refractivity contribution is 6.32. The van der Waals surface area contributed by atoms with Gasteiger partial charge in [-0.3, -0.25) is 4.79 Å². The van der Waals surface area contributed by atoms with Gasteiger partial charge in [-0.15, -0.1) is 0 Å². The molecule has 1 N–H and O–H groups in total.